The Morgan fingerprint density at radius 1 is 1.36 bits per heavy atom. The molecule has 4 heteroatoms. The number of carbonyl (C=O) groups excluding carboxylic acids is 1. The van der Waals surface area contributed by atoms with Crippen molar-refractivity contribution in [3.05, 3.63) is 29.8 Å². The third-order valence-electron chi connectivity index (χ3n) is 4.18. The number of benzene rings is 1. The van der Waals surface area contributed by atoms with Crippen LogP contribution in [0.5, 0.6) is 5.75 Å². The van der Waals surface area contributed by atoms with E-state index in [1.807, 2.05) is 24.3 Å². The van der Waals surface area contributed by atoms with E-state index >= 15 is 0 Å². The third-order valence-corrected chi connectivity index (χ3v) is 4.18. The molecule has 2 atom stereocenters. The van der Waals surface area contributed by atoms with Gasteiger partial charge in [0.1, 0.15) is 5.75 Å². The van der Waals surface area contributed by atoms with Crippen molar-refractivity contribution in [1.29, 1.82) is 0 Å². The molecule has 0 bridgehead atoms. The second kappa shape index (κ2) is 8.18. The summed E-state index contributed by atoms with van der Waals surface area (Å²) < 4.78 is 5.68. The number of amides is 1. The molecule has 0 radical (unpaired) electrons. The van der Waals surface area contributed by atoms with Crippen LogP contribution in [0.4, 0.5) is 0 Å². The summed E-state index contributed by atoms with van der Waals surface area (Å²) in [5.41, 5.74) is 0.696. The molecule has 2 N–H and O–H groups in total. The fourth-order valence-corrected chi connectivity index (χ4v) is 2.60. The standard InChI is InChI=1S/C18H28N2O2/c1-13(2)9-11-22-16-6-4-15(5-7-16)18(21)20-17-8-10-19-12-14(17)3/h4-7,13-14,17,19H,8-12H2,1-3H3,(H,20,21). The van der Waals surface area contributed by atoms with Crippen molar-refractivity contribution in [2.75, 3.05) is 19.7 Å². The average Bonchev–Trinajstić information content (AvgIpc) is 2.50. The summed E-state index contributed by atoms with van der Waals surface area (Å²) in [6, 6.07) is 7.69. The first kappa shape index (κ1) is 16.8. The van der Waals surface area contributed by atoms with Crippen molar-refractivity contribution in [2.24, 2.45) is 11.8 Å². The van der Waals surface area contributed by atoms with E-state index in [9.17, 15) is 4.79 Å². The zero-order valence-electron chi connectivity index (χ0n) is 13.9. The van der Waals surface area contributed by atoms with E-state index in [0.29, 0.717) is 17.4 Å². The quantitative estimate of drug-likeness (QED) is 0.849. The molecule has 0 saturated carbocycles. The maximum absolute atomic E-state index is 12.3. The largest absolute Gasteiger partial charge is 0.494 e. The zero-order chi connectivity index (χ0) is 15.9. The molecule has 1 aliphatic heterocycles. The first-order chi connectivity index (χ1) is 10.6. The van der Waals surface area contributed by atoms with Gasteiger partial charge in [-0.25, -0.2) is 0 Å². The summed E-state index contributed by atoms with van der Waals surface area (Å²) in [6.45, 7) is 9.18. The smallest absolute Gasteiger partial charge is 0.251 e. The Balaban J connectivity index is 1.85. The van der Waals surface area contributed by atoms with Crippen LogP contribution in [0.3, 0.4) is 0 Å². The van der Waals surface area contributed by atoms with E-state index in [1.165, 1.54) is 0 Å². The van der Waals surface area contributed by atoms with Gasteiger partial charge in [-0.1, -0.05) is 20.8 Å². The van der Waals surface area contributed by atoms with E-state index < -0.39 is 0 Å². The van der Waals surface area contributed by atoms with Crippen LogP contribution in [0.2, 0.25) is 0 Å². The highest BCUT2D eigenvalue weighted by atomic mass is 16.5. The molecule has 1 heterocycles. The molecule has 0 spiro atoms. The maximum atomic E-state index is 12.3. The van der Waals surface area contributed by atoms with Crippen LogP contribution in [0, 0.1) is 11.8 Å². The summed E-state index contributed by atoms with van der Waals surface area (Å²) >= 11 is 0. The monoisotopic (exact) mass is 304 g/mol. The molecule has 1 aliphatic rings. The average molecular weight is 304 g/mol. The van der Waals surface area contributed by atoms with Gasteiger partial charge in [-0.2, -0.15) is 0 Å². The number of piperidine rings is 1. The minimum atomic E-state index is 0.00693. The Labute approximate surface area is 133 Å². The van der Waals surface area contributed by atoms with Crippen molar-refractivity contribution >= 4 is 5.91 Å². The molecule has 1 aromatic carbocycles. The van der Waals surface area contributed by atoms with Crippen molar-refractivity contribution < 1.29 is 9.53 Å². The van der Waals surface area contributed by atoms with E-state index in [1.54, 1.807) is 0 Å². The number of hydrogen-bond donors (Lipinski definition) is 2. The lowest BCUT2D eigenvalue weighted by molar-refractivity contribution is 0.0914. The molecule has 2 rings (SSSR count). The van der Waals surface area contributed by atoms with Gasteiger partial charge in [0.05, 0.1) is 6.61 Å². The molecule has 1 fully saturated rings. The highest BCUT2D eigenvalue weighted by molar-refractivity contribution is 5.94. The van der Waals surface area contributed by atoms with Crippen molar-refractivity contribution in [3.63, 3.8) is 0 Å². The van der Waals surface area contributed by atoms with Crippen LogP contribution < -0.4 is 15.4 Å². The van der Waals surface area contributed by atoms with Gasteiger partial charge < -0.3 is 15.4 Å². The lowest BCUT2D eigenvalue weighted by atomic mass is 9.95. The predicted octanol–water partition coefficient (Wildman–Crippen LogP) is 2.84. The molecule has 2 unspecified atom stereocenters. The topological polar surface area (TPSA) is 50.4 Å². The summed E-state index contributed by atoms with van der Waals surface area (Å²) in [7, 11) is 0. The first-order valence-electron chi connectivity index (χ1n) is 8.30. The molecule has 4 nitrogen and oxygen atoms in total. The van der Waals surface area contributed by atoms with E-state index in [4.69, 9.17) is 4.74 Å². The molecule has 22 heavy (non-hydrogen) atoms. The van der Waals surface area contributed by atoms with Gasteiger partial charge in [0.25, 0.3) is 5.91 Å². The van der Waals surface area contributed by atoms with Gasteiger partial charge in [-0.15, -0.1) is 0 Å². The van der Waals surface area contributed by atoms with Crippen molar-refractivity contribution in [2.45, 2.75) is 39.7 Å². The second-order valence-corrected chi connectivity index (χ2v) is 6.61. The Morgan fingerprint density at radius 3 is 2.73 bits per heavy atom. The van der Waals surface area contributed by atoms with E-state index in [2.05, 4.69) is 31.4 Å². The molecular formula is C18H28N2O2. The van der Waals surface area contributed by atoms with Crippen LogP contribution in [-0.4, -0.2) is 31.6 Å². The molecule has 1 aromatic rings. The Hall–Kier alpha value is -1.55. The number of nitrogens with one attached hydrogen (secondary N) is 2. The molecule has 1 amide bonds. The minimum absolute atomic E-state index is 0.00693. The number of rotatable bonds is 6. The van der Waals surface area contributed by atoms with Gasteiger partial charge in [-0.05, 0) is 62.0 Å². The van der Waals surface area contributed by atoms with Crippen LogP contribution in [0.25, 0.3) is 0 Å². The second-order valence-electron chi connectivity index (χ2n) is 6.61. The summed E-state index contributed by atoms with van der Waals surface area (Å²) in [5, 5.41) is 6.49. The lowest BCUT2D eigenvalue weighted by Crippen LogP contribution is -2.48. The van der Waals surface area contributed by atoms with Gasteiger partial charge in [0.2, 0.25) is 0 Å². The fraction of sp³-hybridized carbons (Fsp3) is 0.611. The lowest BCUT2D eigenvalue weighted by Gasteiger charge is -2.30. The van der Waals surface area contributed by atoms with Crippen molar-refractivity contribution in [3.8, 4) is 5.75 Å². The highest BCUT2D eigenvalue weighted by Gasteiger charge is 2.22. The number of carbonyl (C=O) groups is 1. The SMILES string of the molecule is CC(C)CCOc1ccc(C(=O)NC2CCNCC2C)cc1. The van der Waals surface area contributed by atoms with Gasteiger partial charge in [0.15, 0.2) is 0 Å². The molecule has 1 saturated heterocycles. The summed E-state index contributed by atoms with van der Waals surface area (Å²) in [5.74, 6) is 1.94. The van der Waals surface area contributed by atoms with E-state index in [-0.39, 0.29) is 11.9 Å². The van der Waals surface area contributed by atoms with Gasteiger partial charge in [-0.3, -0.25) is 4.79 Å². The molecule has 0 aromatic heterocycles. The highest BCUT2D eigenvalue weighted by Crippen LogP contribution is 2.15. The van der Waals surface area contributed by atoms with Crippen molar-refractivity contribution in [1.82, 2.24) is 10.6 Å². The Morgan fingerprint density at radius 2 is 2.09 bits per heavy atom. The Kier molecular flexibility index (Phi) is 6.25. The normalized spacial score (nSPS) is 21.6. The van der Waals surface area contributed by atoms with Crippen LogP contribution >= 0.6 is 0 Å². The van der Waals surface area contributed by atoms with Gasteiger partial charge >= 0.3 is 0 Å². The maximum Gasteiger partial charge on any atom is 0.251 e. The Bertz CT molecular complexity index is 470. The fourth-order valence-electron chi connectivity index (χ4n) is 2.60. The minimum Gasteiger partial charge on any atom is -0.494 e. The van der Waals surface area contributed by atoms with Crippen LogP contribution in [0.15, 0.2) is 24.3 Å². The molecule has 122 valence electrons. The van der Waals surface area contributed by atoms with Crippen LogP contribution in [-0.2, 0) is 0 Å². The van der Waals surface area contributed by atoms with E-state index in [0.717, 1.165) is 38.3 Å². The summed E-state index contributed by atoms with van der Waals surface area (Å²) in [4.78, 5) is 12.3. The third kappa shape index (κ3) is 5.02. The summed E-state index contributed by atoms with van der Waals surface area (Å²) in [6.07, 6.45) is 2.03. The molecular weight excluding hydrogens is 276 g/mol. The first-order valence-corrected chi connectivity index (χ1v) is 8.30. The predicted molar refractivity (Wildman–Crippen MR) is 89.3 cm³/mol. The number of ether oxygens (including phenoxy) is 1. The number of hydrogen-bond acceptors (Lipinski definition) is 3. The van der Waals surface area contributed by atoms with Crippen LogP contribution in [0.1, 0.15) is 44.0 Å². The zero-order valence-corrected chi connectivity index (χ0v) is 13.9. The van der Waals surface area contributed by atoms with Gasteiger partial charge in [0, 0.05) is 11.6 Å². The molecule has 0 aliphatic carbocycles.